The van der Waals surface area contributed by atoms with Crippen LogP contribution in [-0.2, 0) is 9.53 Å². The average molecular weight is 307 g/mol. The van der Waals surface area contributed by atoms with Gasteiger partial charge in [-0.1, -0.05) is 45.8 Å². The van der Waals surface area contributed by atoms with Crippen LogP contribution in [0.5, 0.6) is 0 Å². The minimum atomic E-state index is -0.233. The molecule has 0 fully saturated rings. The zero-order chi connectivity index (χ0) is 13.1. The van der Waals surface area contributed by atoms with Gasteiger partial charge in [-0.25, -0.2) is 0 Å². The molecule has 1 unspecified atom stereocenters. The Morgan fingerprint density at radius 1 is 1.33 bits per heavy atom. The smallest absolute Gasteiger partial charge is 0.316 e. The molecule has 94 valence electrons. The van der Waals surface area contributed by atoms with Gasteiger partial charge in [0.05, 0.1) is 12.5 Å². The molecule has 1 aliphatic rings. The second-order valence-electron chi connectivity index (χ2n) is 4.25. The maximum absolute atomic E-state index is 11.8. The van der Waals surface area contributed by atoms with Gasteiger partial charge >= 0.3 is 5.97 Å². The van der Waals surface area contributed by atoms with Crippen LogP contribution in [0.2, 0.25) is 0 Å². The Balaban J connectivity index is 2.24. The van der Waals surface area contributed by atoms with Crippen LogP contribution >= 0.6 is 15.9 Å². The number of benzene rings is 1. The molecule has 2 rings (SSSR count). The molecule has 0 saturated carbocycles. The lowest BCUT2D eigenvalue weighted by atomic mass is 10.0. The molecule has 1 aromatic rings. The van der Waals surface area contributed by atoms with Crippen LogP contribution in [0.1, 0.15) is 19.4 Å². The van der Waals surface area contributed by atoms with Crippen molar-refractivity contribution in [2.75, 3.05) is 6.61 Å². The highest BCUT2D eigenvalue weighted by molar-refractivity contribution is 9.10. The fourth-order valence-corrected chi connectivity index (χ4v) is 2.27. The van der Waals surface area contributed by atoms with Crippen molar-refractivity contribution in [1.29, 1.82) is 0 Å². The predicted octanol–water partition coefficient (Wildman–Crippen LogP) is 3.97. The molecule has 18 heavy (non-hydrogen) atoms. The standard InChI is InChI=1S/C15H15BrO2/c1-3-18-15(17)14-9-12(8-10(14)2)11-4-6-13(16)7-5-11/h4-9,14H,3H2,1-2H3. The fourth-order valence-electron chi connectivity index (χ4n) is 2.00. The molecule has 1 aliphatic carbocycles. The van der Waals surface area contributed by atoms with Gasteiger partial charge in [-0.15, -0.1) is 0 Å². The lowest BCUT2D eigenvalue weighted by molar-refractivity contribution is -0.145. The summed E-state index contributed by atoms with van der Waals surface area (Å²) in [6.45, 7) is 4.21. The second kappa shape index (κ2) is 5.53. The van der Waals surface area contributed by atoms with Crippen LogP contribution in [0.15, 0.2) is 46.5 Å². The summed E-state index contributed by atoms with van der Waals surface area (Å²) in [6.07, 6.45) is 4.02. The van der Waals surface area contributed by atoms with Crippen LogP contribution in [0.4, 0.5) is 0 Å². The normalized spacial score (nSPS) is 18.3. The fraction of sp³-hybridized carbons (Fsp3) is 0.267. The van der Waals surface area contributed by atoms with Gasteiger partial charge in [-0.05, 0) is 37.1 Å². The second-order valence-corrected chi connectivity index (χ2v) is 5.16. The number of rotatable bonds is 3. The summed E-state index contributed by atoms with van der Waals surface area (Å²) in [5.41, 5.74) is 3.23. The molecular formula is C15H15BrO2. The van der Waals surface area contributed by atoms with E-state index in [4.69, 9.17) is 4.74 Å². The first-order valence-corrected chi connectivity index (χ1v) is 6.73. The molecule has 0 radical (unpaired) electrons. The van der Waals surface area contributed by atoms with Crippen molar-refractivity contribution in [3.63, 3.8) is 0 Å². The summed E-state index contributed by atoms with van der Waals surface area (Å²) in [4.78, 5) is 11.8. The van der Waals surface area contributed by atoms with Gasteiger partial charge in [0.1, 0.15) is 0 Å². The Labute approximate surface area is 115 Å². The Hall–Kier alpha value is -1.35. The summed E-state index contributed by atoms with van der Waals surface area (Å²) in [6, 6.07) is 8.06. The number of hydrogen-bond acceptors (Lipinski definition) is 2. The van der Waals surface area contributed by atoms with Gasteiger partial charge in [-0.3, -0.25) is 4.79 Å². The van der Waals surface area contributed by atoms with Gasteiger partial charge in [0.2, 0.25) is 0 Å². The summed E-state index contributed by atoms with van der Waals surface area (Å²) in [5.74, 6) is -0.401. The number of ether oxygens (including phenoxy) is 1. The third kappa shape index (κ3) is 2.72. The number of carbonyl (C=O) groups is 1. The third-order valence-corrected chi connectivity index (χ3v) is 3.47. The number of allylic oxidation sites excluding steroid dienone is 2. The topological polar surface area (TPSA) is 26.3 Å². The highest BCUT2D eigenvalue weighted by Gasteiger charge is 2.24. The van der Waals surface area contributed by atoms with E-state index in [0.717, 1.165) is 21.2 Å². The Bertz CT molecular complexity index is 512. The van der Waals surface area contributed by atoms with E-state index >= 15 is 0 Å². The number of esters is 1. The van der Waals surface area contributed by atoms with E-state index in [-0.39, 0.29) is 11.9 Å². The SMILES string of the molecule is CCOC(=O)C1C=C(c2ccc(Br)cc2)C=C1C. The van der Waals surface area contributed by atoms with E-state index in [1.807, 2.05) is 50.3 Å². The van der Waals surface area contributed by atoms with Crippen molar-refractivity contribution in [3.05, 3.63) is 52.0 Å². The predicted molar refractivity (Wildman–Crippen MR) is 76.0 cm³/mol. The summed E-state index contributed by atoms with van der Waals surface area (Å²) < 4.78 is 6.12. The summed E-state index contributed by atoms with van der Waals surface area (Å²) in [5, 5.41) is 0. The summed E-state index contributed by atoms with van der Waals surface area (Å²) >= 11 is 3.41. The molecule has 0 heterocycles. The largest absolute Gasteiger partial charge is 0.465 e. The van der Waals surface area contributed by atoms with E-state index in [9.17, 15) is 4.79 Å². The first-order chi connectivity index (χ1) is 8.61. The lowest BCUT2D eigenvalue weighted by Gasteiger charge is -2.08. The van der Waals surface area contributed by atoms with Gasteiger partial charge < -0.3 is 4.74 Å². The van der Waals surface area contributed by atoms with Gasteiger partial charge in [0, 0.05) is 4.47 Å². The van der Waals surface area contributed by atoms with Crippen molar-refractivity contribution < 1.29 is 9.53 Å². The molecule has 0 saturated heterocycles. The Kier molecular flexibility index (Phi) is 4.02. The molecule has 1 aromatic carbocycles. The monoisotopic (exact) mass is 306 g/mol. The molecule has 2 nitrogen and oxygen atoms in total. The zero-order valence-electron chi connectivity index (χ0n) is 10.4. The molecular weight excluding hydrogens is 292 g/mol. The average Bonchev–Trinajstić information content (AvgIpc) is 2.72. The molecule has 0 aliphatic heterocycles. The molecule has 0 bridgehead atoms. The zero-order valence-corrected chi connectivity index (χ0v) is 12.0. The molecule has 1 atom stereocenters. The van der Waals surface area contributed by atoms with Gasteiger partial charge in [0.25, 0.3) is 0 Å². The van der Waals surface area contributed by atoms with Crippen molar-refractivity contribution in [2.24, 2.45) is 5.92 Å². The molecule has 0 aromatic heterocycles. The van der Waals surface area contributed by atoms with Crippen molar-refractivity contribution in [3.8, 4) is 0 Å². The first-order valence-electron chi connectivity index (χ1n) is 5.94. The Morgan fingerprint density at radius 3 is 2.61 bits per heavy atom. The maximum atomic E-state index is 11.8. The quantitative estimate of drug-likeness (QED) is 0.790. The van der Waals surface area contributed by atoms with Crippen LogP contribution in [-0.4, -0.2) is 12.6 Å². The van der Waals surface area contributed by atoms with E-state index in [0.29, 0.717) is 6.61 Å². The van der Waals surface area contributed by atoms with Crippen molar-refractivity contribution in [1.82, 2.24) is 0 Å². The Morgan fingerprint density at radius 2 is 2.00 bits per heavy atom. The van der Waals surface area contributed by atoms with E-state index in [2.05, 4.69) is 15.9 Å². The van der Waals surface area contributed by atoms with Gasteiger partial charge in [0.15, 0.2) is 0 Å². The highest BCUT2D eigenvalue weighted by Crippen LogP contribution is 2.31. The maximum Gasteiger partial charge on any atom is 0.316 e. The number of hydrogen-bond donors (Lipinski definition) is 0. The van der Waals surface area contributed by atoms with Gasteiger partial charge in [-0.2, -0.15) is 0 Å². The highest BCUT2D eigenvalue weighted by atomic mass is 79.9. The molecule has 0 N–H and O–H groups in total. The van der Waals surface area contributed by atoms with E-state index < -0.39 is 0 Å². The van der Waals surface area contributed by atoms with Crippen LogP contribution in [0.3, 0.4) is 0 Å². The van der Waals surface area contributed by atoms with Crippen LogP contribution in [0, 0.1) is 5.92 Å². The summed E-state index contributed by atoms with van der Waals surface area (Å²) in [7, 11) is 0. The molecule has 0 spiro atoms. The van der Waals surface area contributed by atoms with Crippen LogP contribution in [0.25, 0.3) is 5.57 Å². The molecule has 0 amide bonds. The van der Waals surface area contributed by atoms with E-state index in [1.165, 1.54) is 0 Å². The first kappa shape index (κ1) is 13.1. The van der Waals surface area contributed by atoms with Crippen LogP contribution < -0.4 is 0 Å². The minimum absolute atomic E-state index is 0.168. The van der Waals surface area contributed by atoms with E-state index in [1.54, 1.807) is 0 Å². The minimum Gasteiger partial charge on any atom is -0.465 e. The lowest BCUT2D eigenvalue weighted by Crippen LogP contribution is -2.15. The van der Waals surface area contributed by atoms with Crippen molar-refractivity contribution in [2.45, 2.75) is 13.8 Å². The number of carbonyl (C=O) groups excluding carboxylic acids is 1. The number of halogens is 1. The third-order valence-electron chi connectivity index (χ3n) is 2.94. The molecule has 3 heteroatoms. The van der Waals surface area contributed by atoms with Crippen molar-refractivity contribution >= 4 is 27.5 Å².